The van der Waals surface area contributed by atoms with Crippen molar-refractivity contribution in [1.29, 1.82) is 0 Å². The van der Waals surface area contributed by atoms with Crippen LogP contribution in [0.4, 0.5) is 5.69 Å². The minimum absolute atomic E-state index is 0.0556. The molecule has 320 valence electrons. The number of H-pyrrole nitrogens is 1. The van der Waals surface area contributed by atoms with Crippen molar-refractivity contribution < 1.29 is 14.4 Å². The van der Waals surface area contributed by atoms with Gasteiger partial charge in [-0.25, -0.2) is 0 Å². The molecule has 62 heavy (non-hydrogen) atoms. The molecule has 0 bridgehead atoms. The molecule has 10 heteroatoms. The lowest BCUT2D eigenvalue weighted by atomic mass is 9.86. The molecule has 2 unspecified atom stereocenters. The second-order valence-electron chi connectivity index (χ2n) is 17.7. The highest BCUT2D eigenvalue weighted by atomic mass is 16.2. The third kappa shape index (κ3) is 11.5. The number of aryl methyl sites for hydroxylation is 4. The number of fused-ring (bicyclic) bond motifs is 5. The Balaban J connectivity index is 0.000000112. The quantitative estimate of drug-likeness (QED) is 0.143. The lowest BCUT2D eigenvalue weighted by Crippen LogP contribution is -2.12. The number of Topliss-reactive ketones (excluding diaryl/α,β-unsaturated/α-hetero) is 1. The molecule has 3 N–H and O–H groups in total. The number of anilines is 1. The molecule has 4 aliphatic heterocycles. The fraction of sp³-hybridized carbons (Fsp3) is 0.365. The number of ketones is 1. The fourth-order valence-corrected chi connectivity index (χ4v) is 8.64. The van der Waals surface area contributed by atoms with Crippen LogP contribution in [0.25, 0.3) is 0 Å². The van der Waals surface area contributed by atoms with Crippen molar-refractivity contribution in [3.05, 3.63) is 157 Å². The summed E-state index contributed by atoms with van der Waals surface area (Å²) in [5, 5.41) is 12.5. The topological polar surface area (TPSA) is 142 Å². The first-order valence-corrected chi connectivity index (χ1v) is 21.9. The molecule has 0 spiro atoms. The number of allylic oxidation sites excluding steroid dienone is 1. The summed E-state index contributed by atoms with van der Waals surface area (Å²) in [6.45, 7) is 15.2. The predicted molar refractivity (Wildman–Crippen MR) is 248 cm³/mol. The van der Waals surface area contributed by atoms with Gasteiger partial charge in [-0.1, -0.05) is 67.4 Å². The number of aliphatic imine (C=N–C) groups is 2. The maximum absolute atomic E-state index is 11.1. The van der Waals surface area contributed by atoms with Crippen molar-refractivity contribution >= 4 is 35.7 Å². The Labute approximate surface area is 365 Å². The molecule has 2 aromatic heterocycles. The summed E-state index contributed by atoms with van der Waals surface area (Å²) in [4.78, 5) is 45.6. The smallest absolute Gasteiger partial charge is 0.251 e. The molecule has 7 aliphatic rings. The summed E-state index contributed by atoms with van der Waals surface area (Å²) in [6.07, 6.45) is 16.0. The number of rotatable bonds is 0. The van der Waals surface area contributed by atoms with E-state index in [-0.39, 0.29) is 11.8 Å². The Hall–Kier alpha value is -6.29. The maximum atomic E-state index is 11.1. The van der Waals surface area contributed by atoms with Gasteiger partial charge in [-0.05, 0) is 140 Å². The van der Waals surface area contributed by atoms with Gasteiger partial charge in [-0.15, -0.1) is 0 Å². The maximum Gasteiger partial charge on any atom is 0.251 e. The molecule has 0 fully saturated rings. The van der Waals surface area contributed by atoms with Gasteiger partial charge in [0, 0.05) is 60.5 Å². The number of carbonyl (C=O) groups excluding carboxylic acids is 3. The summed E-state index contributed by atoms with van der Waals surface area (Å²) in [5.41, 5.74) is 19.5. The SMILES string of the molecule is CC1CCC2=C(C=NC2)C1.CC1Cc2cn[nH]c2C1.Cc1ccc2c(c1)CC(=O)C2.Cc1ccc2c(c1)CNC2=O.Cc1ccc2c(c1)NC(=O)C2.Cc1cnc2c(c1)C=NC2. The highest BCUT2D eigenvalue weighted by molar-refractivity contribution is 5.99. The van der Waals surface area contributed by atoms with E-state index in [1.54, 1.807) is 11.1 Å². The number of carbonyl (C=O) groups is 3. The minimum atomic E-state index is 0.0556. The molecule has 3 aliphatic carbocycles. The van der Waals surface area contributed by atoms with Crippen LogP contribution in [0.5, 0.6) is 0 Å². The highest BCUT2D eigenvalue weighted by Crippen LogP contribution is 2.31. The van der Waals surface area contributed by atoms with Gasteiger partial charge in [0.1, 0.15) is 5.78 Å². The summed E-state index contributed by atoms with van der Waals surface area (Å²) in [6, 6.07) is 20.3. The Morgan fingerprint density at radius 1 is 0.645 bits per heavy atom. The summed E-state index contributed by atoms with van der Waals surface area (Å²) in [5.74, 6) is 2.23. The van der Waals surface area contributed by atoms with Crippen molar-refractivity contribution in [2.45, 2.75) is 106 Å². The zero-order chi connectivity index (χ0) is 43.8. The summed E-state index contributed by atoms with van der Waals surface area (Å²) < 4.78 is 0. The standard InChI is InChI=1S/C10H10O.2C9H9NO.C9H13N.C8H8N2.C7H10N2/c1-7-2-3-8-5-10(11)6-9(8)4-7;1-6-2-3-8-7(4-6)5-10-9(8)11;1-6-2-3-7-5-9(11)10-8(7)4-6;1-7-2-3-8-5-10-6-9(8)4-7;1-6-2-7-4-9-5-8(7)10-3-6;1-5-2-6-4-8-9-7(6)3-5/h2-4H,5-6H2,1H3;2*2-4H,5H2,1H3,(H,10,11);6-7H,2-5H2,1H3;2-4H,5H2,1H3;4-5H,2-3H2,1H3,(H,8,9). The van der Waals surface area contributed by atoms with Crippen molar-refractivity contribution in [2.24, 2.45) is 21.8 Å². The Morgan fingerprint density at radius 2 is 1.37 bits per heavy atom. The molecule has 12 rings (SSSR count). The first-order valence-electron chi connectivity index (χ1n) is 21.9. The highest BCUT2D eigenvalue weighted by Gasteiger charge is 2.21. The van der Waals surface area contributed by atoms with Crippen LogP contribution in [0.3, 0.4) is 0 Å². The van der Waals surface area contributed by atoms with Crippen molar-refractivity contribution in [2.75, 3.05) is 11.9 Å². The molecule has 6 heterocycles. The molecule has 2 atom stereocenters. The zero-order valence-electron chi connectivity index (χ0n) is 37.0. The number of hydrogen-bond donors (Lipinski definition) is 3. The minimum Gasteiger partial charge on any atom is -0.348 e. The molecule has 5 aromatic rings. The molecule has 0 saturated carbocycles. The van der Waals surface area contributed by atoms with Gasteiger partial charge in [0.05, 0.1) is 31.4 Å². The van der Waals surface area contributed by atoms with Gasteiger partial charge >= 0.3 is 0 Å². The molecule has 2 amide bonds. The molecule has 0 radical (unpaired) electrons. The van der Waals surface area contributed by atoms with Gasteiger partial charge in [-0.2, -0.15) is 5.10 Å². The average Bonchev–Trinajstić information content (AvgIpc) is 4.11. The second kappa shape index (κ2) is 20.1. The zero-order valence-corrected chi connectivity index (χ0v) is 37.0. The Morgan fingerprint density at radius 3 is 2.18 bits per heavy atom. The van der Waals surface area contributed by atoms with Gasteiger partial charge in [0.2, 0.25) is 5.91 Å². The van der Waals surface area contributed by atoms with Gasteiger partial charge < -0.3 is 10.6 Å². The van der Waals surface area contributed by atoms with Crippen LogP contribution in [0.1, 0.15) is 110 Å². The van der Waals surface area contributed by atoms with E-state index in [2.05, 4.69) is 87.1 Å². The molecule has 0 saturated heterocycles. The fourth-order valence-electron chi connectivity index (χ4n) is 8.64. The first-order chi connectivity index (χ1) is 29.9. The van der Waals surface area contributed by atoms with Crippen LogP contribution in [-0.2, 0) is 54.8 Å². The van der Waals surface area contributed by atoms with Crippen LogP contribution in [0.2, 0.25) is 0 Å². The third-order valence-corrected chi connectivity index (χ3v) is 12.0. The molecular weight excluding hydrogens is 771 g/mol. The summed E-state index contributed by atoms with van der Waals surface area (Å²) in [7, 11) is 0. The summed E-state index contributed by atoms with van der Waals surface area (Å²) >= 11 is 0. The number of aromatic nitrogens is 3. The number of benzene rings is 3. The van der Waals surface area contributed by atoms with Gasteiger partial charge in [-0.3, -0.25) is 34.5 Å². The number of aromatic amines is 1. The Bertz CT molecular complexity index is 2480. The van der Waals surface area contributed by atoms with Crippen LogP contribution in [-0.4, -0.2) is 51.8 Å². The van der Waals surface area contributed by atoms with E-state index in [9.17, 15) is 14.4 Å². The largest absolute Gasteiger partial charge is 0.348 e. The van der Waals surface area contributed by atoms with E-state index < -0.39 is 0 Å². The first kappa shape index (κ1) is 43.8. The molecular formula is C52H59N7O3. The predicted octanol–water partition coefficient (Wildman–Crippen LogP) is 9.05. The van der Waals surface area contributed by atoms with Crippen molar-refractivity contribution in [3.8, 4) is 0 Å². The lowest BCUT2D eigenvalue weighted by Gasteiger charge is -2.18. The van der Waals surface area contributed by atoms with E-state index in [0.29, 0.717) is 31.6 Å². The average molecular weight is 830 g/mol. The Kier molecular flexibility index (Phi) is 14.2. The van der Waals surface area contributed by atoms with Crippen LogP contribution in [0.15, 0.2) is 94.2 Å². The number of pyridine rings is 1. The second-order valence-corrected chi connectivity index (χ2v) is 17.7. The number of amides is 2. The van der Waals surface area contributed by atoms with Crippen LogP contribution in [0, 0.1) is 39.5 Å². The van der Waals surface area contributed by atoms with Crippen LogP contribution >= 0.6 is 0 Å². The number of hydrogen-bond acceptors (Lipinski definition) is 7. The van der Waals surface area contributed by atoms with E-state index >= 15 is 0 Å². The molecule has 3 aromatic carbocycles. The molecule has 10 nitrogen and oxygen atoms in total. The number of nitrogens with zero attached hydrogens (tertiary/aromatic N) is 4. The van der Waals surface area contributed by atoms with E-state index in [0.717, 1.165) is 53.0 Å². The number of nitrogens with one attached hydrogen (secondary N) is 3. The van der Waals surface area contributed by atoms with E-state index in [4.69, 9.17) is 0 Å². The third-order valence-electron chi connectivity index (χ3n) is 12.0. The lowest BCUT2D eigenvalue weighted by molar-refractivity contribution is -0.117. The van der Waals surface area contributed by atoms with Gasteiger partial charge in [0.25, 0.3) is 5.91 Å². The van der Waals surface area contributed by atoms with E-state index in [1.807, 2.05) is 75.8 Å². The van der Waals surface area contributed by atoms with E-state index in [1.165, 1.54) is 82.3 Å². The van der Waals surface area contributed by atoms with Gasteiger partial charge in [0.15, 0.2) is 0 Å². The van der Waals surface area contributed by atoms with Crippen molar-refractivity contribution in [3.63, 3.8) is 0 Å². The normalized spacial score (nSPS) is 18.6. The monoisotopic (exact) mass is 829 g/mol. The van der Waals surface area contributed by atoms with Crippen molar-refractivity contribution in [1.82, 2.24) is 20.5 Å². The van der Waals surface area contributed by atoms with Crippen LogP contribution < -0.4 is 10.6 Å².